The van der Waals surface area contributed by atoms with Crippen LogP contribution in [0, 0.1) is 0 Å². The third-order valence-corrected chi connectivity index (χ3v) is 4.76. The number of furan rings is 1. The molecule has 0 spiro atoms. The van der Waals surface area contributed by atoms with E-state index < -0.39 is 0 Å². The minimum absolute atomic E-state index is 0.270. The Morgan fingerprint density at radius 3 is 2.29 bits per heavy atom. The van der Waals surface area contributed by atoms with Crippen LogP contribution in [0.25, 0.3) is 17.0 Å². The van der Waals surface area contributed by atoms with Gasteiger partial charge < -0.3 is 28.3 Å². The summed E-state index contributed by atoms with van der Waals surface area (Å²) in [6, 6.07) is 9.15. The van der Waals surface area contributed by atoms with Gasteiger partial charge >= 0.3 is 0 Å². The zero-order chi connectivity index (χ0) is 22.4. The van der Waals surface area contributed by atoms with E-state index in [1.54, 1.807) is 19.3 Å². The van der Waals surface area contributed by atoms with Crippen molar-refractivity contribution >= 4 is 22.8 Å². The molecule has 164 valence electrons. The number of carbonyl (C=O) groups excluding carboxylic acids is 1. The van der Waals surface area contributed by atoms with E-state index in [1.807, 2.05) is 43.3 Å². The average Bonchev–Trinajstić information content (AvgIpc) is 3.26. The maximum absolute atomic E-state index is 13.3. The SMILES string of the molecule is COc1ccc(/C=C\C(=O)c2c(OCCN(C)C)c(OC)c3occc3c2OC)cc1. The number of allylic oxidation sites excluding steroid dienone is 1. The number of ether oxygens (including phenoxy) is 4. The highest BCUT2D eigenvalue weighted by Gasteiger charge is 2.28. The molecule has 0 fully saturated rings. The Morgan fingerprint density at radius 1 is 0.968 bits per heavy atom. The quantitative estimate of drug-likeness (QED) is 0.354. The molecular weight excluding hydrogens is 398 g/mol. The Labute approximate surface area is 181 Å². The summed E-state index contributed by atoms with van der Waals surface area (Å²) < 4.78 is 28.0. The molecule has 31 heavy (non-hydrogen) atoms. The molecule has 1 aromatic heterocycles. The first-order chi connectivity index (χ1) is 15.0. The van der Waals surface area contributed by atoms with Crippen molar-refractivity contribution in [3.8, 4) is 23.0 Å². The maximum Gasteiger partial charge on any atom is 0.205 e. The molecule has 0 radical (unpaired) electrons. The lowest BCUT2D eigenvalue weighted by Crippen LogP contribution is -2.20. The van der Waals surface area contributed by atoms with Gasteiger partial charge in [-0.1, -0.05) is 18.2 Å². The molecule has 2 aromatic carbocycles. The normalized spacial score (nSPS) is 11.3. The summed E-state index contributed by atoms with van der Waals surface area (Å²) in [6.45, 7) is 1.03. The Hall–Kier alpha value is -3.45. The number of rotatable bonds is 10. The fourth-order valence-corrected chi connectivity index (χ4v) is 3.18. The van der Waals surface area contributed by atoms with Crippen LogP contribution in [0.15, 0.2) is 47.1 Å². The van der Waals surface area contributed by atoms with Crippen LogP contribution in [0.3, 0.4) is 0 Å². The number of carbonyl (C=O) groups is 1. The Morgan fingerprint density at radius 2 is 1.68 bits per heavy atom. The first-order valence-electron chi connectivity index (χ1n) is 9.79. The number of ketones is 1. The summed E-state index contributed by atoms with van der Waals surface area (Å²) in [5, 5.41) is 0.639. The first-order valence-corrected chi connectivity index (χ1v) is 9.79. The van der Waals surface area contributed by atoms with Gasteiger partial charge in [0, 0.05) is 6.54 Å². The summed E-state index contributed by atoms with van der Waals surface area (Å²) in [4.78, 5) is 15.3. The number of hydrogen-bond donors (Lipinski definition) is 0. The third-order valence-electron chi connectivity index (χ3n) is 4.76. The molecule has 0 aliphatic rings. The van der Waals surface area contributed by atoms with Crippen molar-refractivity contribution in [3.05, 3.63) is 53.8 Å². The van der Waals surface area contributed by atoms with Crippen LogP contribution in [0.2, 0.25) is 0 Å². The number of fused-ring (bicyclic) bond motifs is 1. The lowest BCUT2D eigenvalue weighted by Gasteiger charge is -2.18. The van der Waals surface area contributed by atoms with Gasteiger partial charge in [0.1, 0.15) is 23.7 Å². The van der Waals surface area contributed by atoms with Crippen LogP contribution in [0.4, 0.5) is 0 Å². The molecule has 7 nitrogen and oxygen atoms in total. The summed E-state index contributed by atoms with van der Waals surface area (Å²) in [7, 11) is 8.53. The van der Waals surface area contributed by atoms with Crippen LogP contribution in [-0.2, 0) is 0 Å². The van der Waals surface area contributed by atoms with E-state index >= 15 is 0 Å². The largest absolute Gasteiger partial charge is 0.497 e. The lowest BCUT2D eigenvalue weighted by molar-refractivity contribution is 0.104. The average molecular weight is 425 g/mol. The summed E-state index contributed by atoms with van der Waals surface area (Å²) in [6.07, 6.45) is 4.75. The molecule has 0 amide bonds. The number of nitrogens with zero attached hydrogens (tertiary/aromatic N) is 1. The number of benzene rings is 2. The number of hydrogen-bond acceptors (Lipinski definition) is 7. The highest BCUT2D eigenvalue weighted by molar-refractivity contribution is 6.15. The van der Waals surface area contributed by atoms with Crippen LogP contribution < -0.4 is 18.9 Å². The fraction of sp³-hybridized carbons (Fsp3) is 0.292. The van der Waals surface area contributed by atoms with Crippen molar-refractivity contribution in [2.75, 3.05) is 48.6 Å². The summed E-state index contributed by atoms with van der Waals surface area (Å²) in [5.74, 6) is 1.52. The van der Waals surface area contributed by atoms with Crippen LogP contribution in [0.5, 0.6) is 23.0 Å². The van der Waals surface area contributed by atoms with E-state index in [0.29, 0.717) is 41.4 Å². The molecular formula is C24H27NO6. The maximum atomic E-state index is 13.3. The van der Waals surface area contributed by atoms with Crippen LogP contribution in [0.1, 0.15) is 15.9 Å². The third kappa shape index (κ3) is 4.83. The van der Waals surface area contributed by atoms with Crippen molar-refractivity contribution in [2.24, 2.45) is 0 Å². The smallest absolute Gasteiger partial charge is 0.205 e. The molecule has 0 unspecified atom stereocenters. The van der Waals surface area contributed by atoms with Gasteiger partial charge in [-0.25, -0.2) is 0 Å². The van der Waals surface area contributed by atoms with Gasteiger partial charge in [0.05, 0.1) is 33.0 Å². The number of methoxy groups -OCH3 is 3. The minimum Gasteiger partial charge on any atom is -0.497 e. The molecule has 0 aliphatic carbocycles. The molecule has 0 bridgehead atoms. The minimum atomic E-state index is -0.270. The van der Waals surface area contributed by atoms with Gasteiger partial charge in [0.2, 0.25) is 5.75 Å². The molecule has 7 heteroatoms. The molecule has 0 saturated carbocycles. The highest BCUT2D eigenvalue weighted by Crippen LogP contribution is 2.46. The zero-order valence-electron chi connectivity index (χ0n) is 18.4. The van der Waals surface area contributed by atoms with Gasteiger partial charge in [-0.2, -0.15) is 0 Å². The van der Waals surface area contributed by atoms with Gasteiger partial charge in [-0.15, -0.1) is 0 Å². The van der Waals surface area contributed by atoms with E-state index in [0.717, 1.165) is 11.3 Å². The Bertz CT molecular complexity index is 1070. The molecule has 0 atom stereocenters. The van der Waals surface area contributed by atoms with E-state index in [4.69, 9.17) is 23.4 Å². The van der Waals surface area contributed by atoms with Crippen LogP contribution in [-0.4, -0.2) is 59.3 Å². The molecule has 0 N–H and O–H groups in total. The van der Waals surface area contributed by atoms with Crippen molar-refractivity contribution in [2.45, 2.75) is 0 Å². The first kappa shape index (κ1) is 22.2. The van der Waals surface area contributed by atoms with E-state index in [2.05, 4.69) is 0 Å². The number of likely N-dealkylation sites (N-methyl/N-ethyl adjacent to an activating group) is 1. The van der Waals surface area contributed by atoms with Gasteiger partial charge in [-0.3, -0.25) is 4.79 Å². The second-order valence-corrected chi connectivity index (χ2v) is 7.06. The Balaban J connectivity index is 2.06. The second-order valence-electron chi connectivity index (χ2n) is 7.06. The standard InChI is InChI=1S/C24H27NO6/c1-25(2)13-15-31-23-20(19(26)11-8-16-6-9-17(27-3)10-7-16)21(28-4)18-12-14-30-22(18)24(23)29-5/h6-12,14H,13,15H2,1-5H3/b11-8-. The lowest BCUT2D eigenvalue weighted by atomic mass is 10.0. The topological polar surface area (TPSA) is 70.4 Å². The van der Waals surface area contributed by atoms with Crippen molar-refractivity contribution in [3.63, 3.8) is 0 Å². The van der Waals surface area contributed by atoms with Crippen molar-refractivity contribution in [1.82, 2.24) is 4.90 Å². The van der Waals surface area contributed by atoms with Crippen LogP contribution >= 0.6 is 0 Å². The molecule has 3 rings (SSSR count). The molecule has 3 aromatic rings. The van der Waals surface area contributed by atoms with Crippen molar-refractivity contribution in [1.29, 1.82) is 0 Å². The van der Waals surface area contributed by atoms with E-state index in [-0.39, 0.29) is 11.3 Å². The van der Waals surface area contributed by atoms with Crippen molar-refractivity contribution < 1.29 is 28.2 Å². The summed E-state index contributed by atoms with van der Waals surface area (Å²) in [5.41, 5.74) is 1.62. The fourth-order valence-electron chi connectivity index (χ4n) is 3.18. The predicted octanol–water partition coefficient (Wildman–Crippen LogP) is 4.30. The predicted molar refractivity (Wildman–Crippen MR) is 120 cm³/mol. The van der Waals surface area contributed by atoms with Gasteiger partial charge in [0.25, 0.3) is 0 Å². The monoisotopic (exact) mass is 425 g/mol. The Kier molecular flexibility index (Phi) is 7.20. The van der Waals surface area contributed by atoms with E-state index in [1.165, 1.54) is 26.6 Å². The molecule has 1 heterocycles. The molecule has 0 aliphatic heterocycles. The van der Waals surface area contributed by atoms with E-state index in [9.17, 15) is 4.79 Å². The zero-order valence-corrected chi connectivity index (χ0v) is 18.4. The van der Waals surface area contributed by atoms with Gasteiger partial charge in [-0.05, 0) is 43.9 Å². The summed E-state index contributed by atoms with van der Waals surface area (Å²) >= 11 is 0. The molecule has 0 saturated heterocycles. The van der Waals surface area contributed by atoms with Gasteiger partial charge in [0.15, 0.2) is 17.1 Å². The second kappa shape index (κ2) is 10.0. The highest BCUT2D eigenvalue weighted by atomic mass is 16.5.